The lowest BCUT2D eigenvalue weighted by Gasteiger charge is -2.13. The first kappa shape index (κ1) is 12.4. The number of carbonyl (C=O) groups is 1. The predicted octanol–water partition coefficient (Wildman–Crippen LogP) is 1.48. The highest BCUT2D eigenvalue weighted by Crippen LogP contribution is 2.14. The second kappa shape index (κ2) is 5.50. The second-order valence-electron chi connectivity index (χ2n) is 3.37. The number of aromatic nitrogens is 3. The molecule has 0 aliphatic rings. The van der Waals surface area contributed by atoms with Crippen LogP contribution in [0.15, 0.2) is 24.3 Å². The molecule has 0 saturated carbocycles. The minimum atomic E-state index is -0.737. The predicted molar refractivity (Wildman–Crippen MR) is 62.8 cm³/mol. The van der Waals surface area contributed by atoms with Crippen LogP contribution in [0.3, 0.4) is 0 Å². The van der Waals surface area contributed by atoms with Crippen LogP contribution in [-0.2, 0) is 4.79 Å². The van der Waals surface area contributed by atoms with Crippen molar-refractivity contribution in [2.45, 2.75) is 13.0 Å². The van der Waals surface area contributed by atoms with E-state index in [-0.39, 0.29) is 11.7 Å². The Kier molecular flexibility index (Phi) is 3.78. The molecule has 1 atom stereocenters. The molecule has 0 radical (unpaired) electrons. The van der Waals surface area contributed by atoms with Gasteiger partial charge in [0.05, 0.1) is 0 Å². The minimum Gasteiger partial charge on any atom is -0.481 e. The molecule has 1 amide bonds. The summed E-state index contributed by atoms with van der Waals surface area (Å²) in [6.07, 6.45) is -0.737. The first-order chi connectivity index (χ1) is 8.65. The Morgan fingerprint density at radius 3 is 2.78 bits per heavy atom. The van der Waals surface area contributed by atoms with Gasteiger partial charge in [0.2, 0.25) is 5.13 Å². The van der Waals surface area contributed by atoms with Crippen molar-refractivity contribution in [3.05, 3.63) is 30.1 Å². The molecule has 94 valence electrons. The smallest absolute Gasteiger partial charge is 0.267 e. The number of amides is 1. The van der Waals surface area contributed by atoms with Gasteiger partial charge in [-0.25, -0.2) is 4.39 Å². The third-order valence-corrected chi connectivity index (χ3v) is 2.54. The fourth-order valence-corrected chi connectivity index (χ4v) is 1.53. The number of nitrogens with zero attached hydrogens (tertiary/aromatic N) is 3. The monoisotopic (exact) mass is 268 g/mol. The van der Waals surface area contributed by atoms with Crippen LogP contribution in [-0.4, -0.2) is 26.8 Å². The average molecular weight is 268 g/mol. The summed E-state index contributed by atoms with van der Waals surface area (Å²) in [7, 11) is 0. The summed E-state index contributed by atoms with van der Waals surface area (Å²) in [4.78, 5) is 11.7. The van der Waals surface area contributed by atoms with Gasteiger partial charge in [-0.05, 0) is 36.4 Å². The highest BCUT2D eigenvalue weighted by Gasteiger charge is 2.16. The number of carbonyl (C=O) groups excluding carboxylic acids is 1. The zero-order valence-electron chi connectivity index (χ0n) is 9.33. The largest absolute Gasteiger partial charge is 0.481 e. The zero-order chi connectivity index (χ0) is 13.0. The van der Waals surface area contributed by atoms with E-state index in [0.717, 1.165) is 11.5 Å². The van der Waals surface area contributed by atoms with Gasteiger partial charge in [0.25, 0.3) is 5.91 Å². The lowest BCUT2D eigenvalue weighted by molar-refractivity contribution is -0.122. The fraction of sp³-hybridized carbons (Fsp3) is 0.200. The molecule has 8 heteroatoms. The number of ether oxygens (including phenoxy) is 1. The highest BCUT2D eigenvalue weighted by atomic mass is 32.1. The van der Waals surface area contributed by atoms with Crippen molar-refractivity contribution >= 4 is 22.6 Å². The molecular formula is C10H9FN4O2S. The number of hydrogen-bond acceptors (Lipinski definition) is 6. The summed E-state index contributed by atoms with van der Waals surface area (Å²) in [6.45, 7) is 1.58. The third-order valence-electron chi connectivity index (χ3n) is 2.03. The summed E-state index contributed by atoms with van der Waals surface area (Å²) >= 11 is 0.968. The van der Waals surface area contributed by atoms with Gasteiger partial charge < -0.3 is 4.74 Å². The number of rotatable bonds is 4. The van der Waals surface area contributed by atoms with Crippen LogP contribution in [0.1, 0.15) is 6.92 Å². The Labute approximate surface area is 106 Å². The van der Waals surface area contributed by atoms with E-state index in [1.165, 1.54) is 24.3 Å². The number of benzene rings is 1. The van der Waals surface area contributed by atoms with Gasteiger partial charge in [-0.15, -0.1) is 0 Å². The lowest BCUT2D eigenvalue weighted by Crippen LogP contribution is -2.30. The van der Waals surface area contributed by atoms with E-state index in [1.54, 1.807) is 6.92 Å². The van der Waals surface area contributed by atoms with Crippen LogP contribution < -0.4 is 10.1 Å². The van der Waals surface area contributed by atoms with Crippen LogP contribution in [0.2, 0.25) is 0 Å². The SMILES string of the molecule is CC(Oc1ccc(F)cc1)C(=O)Nc1nnns1. The maximum absolute atomic E-state index is 12.7. The molecule has 0 aliphatic heterocycles. The van der Waals surface area contributed by atoms with E-state index in [9.17, 15) is 9.18 Å². The summed E-state index contributed by atoms with van der Waals surface area (Å²) in [5.41, 5.74) is 0. The molecule has 6 nitrogen and oxygen atoms in total. The standard InChI is InChI=1S/C10H9FN4O2S/c1-6(9(16)12-10-13-14-15-18-10)17-8-4-2-7(11)3-5-8/h2-6H,1H3,(H,12,13,15,16). The molecule has 0 aliphatic carbocycles. The van der Waals surface area contributed by atoms with Crippen molar-refractivity contribution in [2.75, 3.05) is 5.32 Å². The summed E-state index contributed by atoms with van der Waals surface area (Å²) in [6, 6.07) is 5.42. The molecule has 0 fully saturated rings. The van der Waals surface area contributed by atoms with Gasteiger partial charge >= 0.3 is 0 Å². The highest BCUT2D eigenvalue weighted by molar-refractivity contribution is 7.09. The van der Waals surface area contributed by atoms with E-state index in [4.69, 9.17) is 4.74 Å². The molecule has 1 heterocycles. The number of halogens is 1. The Morgan fingerprint density at radius 2 is 2.17 bits per heavy atom. The fourth-order valence-electron chi connectivity index (χ4n) is 1.16. The summed E-state index contributed by atoms with van der Waals surface area (Å²) < 4.78 is 21.5. The summed E-state index contributed by atoms with van der Waals surface area (Å²) in [5.74, 6) is -0.327. The Balaban J connectivity index is 1.93. The average Bonchev–Trinajstić information content (AvgIpc) is 2.85. The van der Waals surface area contributed by atoms with Crippen molar-refractivity contribution in [1.82, 2.24) is 14.8 Å². The van der Waals surface area contributed by atoms with E-state index >= 15 is 0 Å². The van der Waals surface area contributed by atoms with E-state index in [1.807, 2.05) is 0 Å². The molecule has 1 N–H and O–H groups in total. The topological polar surface area (TPSA) is 77.0 Å². The van der Waals surface area contributed by atoms with Crippen molar-refractivity contribution in [1.29, 1.82) is 0 Å². The first-order valence-electron chi connectivity index (χ1n) is 5.03. The third kappa shape index (κ3) is 3.20. The molecular weight excluding hydrogens is 259 g/mol. The number of nitrogens with one attached hydrogen (secondary N) is 1. The van der Waals surface area contributed by atoms with Crippen LogP contribution in [0.25, 0.3) is 0 Å². The van der Waals surface area contributed by atoms with E-state index < -0.39 is 6.10 Å². The molecule has 0 saturated heterocycles. The van der Waals surface area contributed by atoms with Gasteiger partial charge in [0.1, 0.15) is 11.6 Å². The normalized spacial score (nSPS) is 11.9. The van der Waals surface area contributed by atoms with Crippen LogP contribution >= 0.6 is 11.5 Å². The van der Waals surface area contributed by atoms with Crippen molar-refractivity contribution in [3.8, 4) is 5.75 Å². The Hall–Kier alpha value is -2.09. The van der Waals surface area contributed by atoms with E-state index in [2.05, 4.69) is 20.1 Å². The zero-order valence-corrected chi connectivity index (χ0v) is 10.1. The van der Waals surface area contributed by atoms with Gasteiger partial charge in [-0.3, -0.25) is 10.1 Å². The number of hydrogen-bond donors (Lipinski definition) is 1. The van der Waals surface area contributed by atoms with Gasteiger partial charge in [-0.1, -0.05) is 9.59 Å². The number of anilines is 1. The molecule has 1 aromatic heterocycles. The minimum absolute atomic E-state index is 0.301. The Morgan fingerprint density at radius 1 is 1.44 bits per heavy atom. The van der Waals surface area contributed by atoms with Crippen LogP contribution in [0, 0.1) is 5.82 Å². The second-order valence-corrected chi connectivity index (χ2v) is 4.10. The van der Waals surface area contributed by atoms with Gasteiger partial charge in [0.15, 0.2) is 6.10 Å². The molecule has 2 rings (SSSR count). The maximum atomic E-state index is 12.7. The molecule has 0 spiro atoms. The molecule has 2 aromatic rings. The molecule has 1 unspecified atom stereocenters. The lowest BCUT2D eigenvalue weighted by atomic mass is 10.3. The van der Waals surface area contributed by atoms with Crippen molar-refractivity contribution in [3.63, 3.8) is 0 Å². The quantitative estimate of drug-likeness (QED) is 0.908. The van der Waals surface area contributed by atoms with E-state index in [0.29, 0.717) is 10.9 Å². The van der Waals surface area contributed by atoms with Gasteiger partial charge in [0, 0.05) is 11.5 Å². The molecule has 0 bridgehead atoms. The van der Waals surface area contributed by atoms with Crippen molar-refractivity contribution in [2.24, 2.45) is 0 Å². The summed E-state index contributed by atoms with van der Waals surface area (Å²) in [5, 5.41) is 9.73. The van der Waals surface area contributed by atoms with Crippen LogP contribution in [0.4, 0.5) is 9.52 Å². The van der Waals surface area contributed by atoms with Gasteiger partial charge in [-0.2, -0.15) is 0 Å². The van der Waals surface area contributed by atoms with Crippen molar-refractivity contribution < 1.29 is 13.9 Å². The molecule has 18 heavy (non-hydrogen) atoms. The maximum Gasteiger partial charge on any atom is 0.267 e. The van der Waals surface area contributed by atoms with Crippen LogP contribution in [0.5, 0.6) is 5.75 Å². The Bertz CT molecular complexity index is 517. The molecule has 1 aromatic carbocycles. The first-order valence-corrected chi connectivity index (χ1v) is 5.80.